The van der Waals surface area contributed by atoms with Crippen LogP contribution in [-0.2, 0) is 0 Å². The van der Waals surface area contributed by atoms with Crippen LogP contribution >= 0.6 is 0 Å². The molecule has 4 rings (SSSR count). The number of nitrogens with two attached hydrogens (primary N) is 1. The number of carbonyl (C=O) groups is 1. The fourth-order valence-electron chi connectivity index (χ4n) is 3.18. The Morgan fingerprint density at radius 3 is 2.43 bits per heavy atom. The molecule has 0 atom stereocenters. The summed E-state index contributed by atoms with van der Waals surface area (Å²) in [5, 5.41) is 6.13. The molecule has 0 radical (unpaired) electrons. The highest BCUT2D eigenvalue weighted by molar-refractivity contribution is 6.03. The van der Waals surface area contributed by atoms with Crippen LogP contribution in [0.1, 0.15) is 10.6 Å². The predicted molar refractivity (Wildman–Crippen MR) is 111 cm³/mol. The normalized spacial score (nSPS) is 13.9. The molecule has 0 spiro atoms. The van der Waals surface area contributed by atoms with E-state index in [1.54, 1.807) is 18.5 Å². The molecule has 0 saturated carbocycles. The van der Waals surface area contributed by atoms with Gasteiger partial charge in [0.25, 0.3) is 5.91 Å². The van der Waals surface area contributed by atoms with Gasteiger partial charge in [-0.15, -0.1) is 0 Å². The number of nitrogen functional groups attached to an aromatic ring is 1. The monoisotopic (exact) mass is 374 g/mol. The first-order chi connectivity index (χ1) is 13.7. The maximum absolute atomic E-state index is 12.6. The number of hydrogen-bond acceptors (Lipinski definition) is 6. The molecule has 3 aromatic rings. The predicted octanol–water partition coefficient (Wildman–Crippen LogP) is 2.39. The van der Waals surface area contributed by atoms with Gasteiger partial charge in [0.05, 0.1) is 29.5 Å². The van der Waals surface area contributed by atoms with Gasteiger partial charge in [-0.3, -0.25) is 4.79 Å². The Hall–Kier alpha value is -3.45. The SMILES string of the molecule is Nc1ccc(-c2ccccc2)cc1NC(=O)c1ncc(N2CCNCC2)cn1. The average Bonchev–Trinajstić information content (AvgIpc) is 2.76. The lowest BCUT2D eigenvalue weighted by Gasteiger charge is -2.28. The maximum Gasteiger partial charge on any atom is 0.293 e. The number of piperazine rings is 1. The van der Waals surface area contributed by atoms with Gasteiger partial charge >= 0.3 is 0 Å². The van der Waals surface area contributed by atoms with Crippen LogP contribution in [0.15, 0.2) is 60.9 Å². The molecule has 1 aromatic heterocycles. The summed E-state index contributed by atoms with van der Waals surface area (Å²) in [4.78, 5) is 23.2. The van der Waals surface area contributed by atoms with Crippen molar-refractivity contribution in [3.63, 3.8) is 0 Å². The Balaban J connectivity index is 1.50. The van der Waals surface area contributed by atoms with Crippen molar-refractivity contribution in [2.24, 2.45) is 0 Å². The molecule has 142 valence electrons. The average molecular weight is 374 g/mol. The summed E-state index contributed by atoms with van der Waals surface area (Å²) in [6.45, 7) is 3.66. The standard InChI is InChI=1S/C21H22N6O/c22-18-7-6-16(15-4-2-1-3-5-15)12-19(18)26-21(28)20-24-13-17(14-25-20)27-10-8-23-9-11-27/h1-7,12-14,23H,8-11,22H2,(H,26,28). The first-order valence-corrected chi connectivity index (χ1v) is 9.25. The van der Waals surface area contributed by atoms with Gasteiger partial charge in [0, 0.05) is 26.2 Å². The summed E-state index contributed by atoms with van der Waals surface area (Å²) in [7, 11) is 0. The second-order valence-electron chi connectivity index (χ2n) is 6.62. The lowest BCUT2D eigenvalue weighted by molar-refractivity contribution is 0.101. The molecule has 0 aliphatic carbocycles. The van der Waals surface area contributed by atoms with Crippen LogP contribution in [-0.4, -0.2) is 42.1 Å². The number of carbonyl (C=O) groups excluding carboxylic acids is 1. The number of rotatable bonds is 4. The molecule has 0 unspecified atom stereocenters. The molecule has 4 N–H and O–H groups in total. The largest absolute Gasteiger partial charge is 0.397 e. The quantitative estimate of drug-likeness (QED) is 0.607. The van der Waals surface area contributed by atoms with E-state index in [-0.39, 0.29) is 11.7 Å². The number of amides is 1. The van der Waals surface area contributed by atoms with Crippen molar-refractivity contribution < 1.29 is 4.79 Å². The number of benzene rings is 2. The van der Waals surface area contributed by atoms with E-state index >= 15 is 0 Å². The minimum Gasteiger partial charge on any atom is -0.397 e. The fourth-order valence-corrected chi connectivity index (χ4v) is 3.18. The summed E-state index contributed by atoms with van der Waals surface area (Å²) < 4.78 is 0. The zero-order valence-electron chi connectivity index (χ0n) is 15.4. The zero-order chi connectivity index (χ0) is 19.3. The molecule has 2 heterocycles. The Bertz CT molecular complexity index is 952. The van der Waals surface area contributed by atoms with E-state index in [4.69, 9.17) is 5.73 Å². The molecule has 7 nitrogen and oxygen atoms in total. The van der Waals surface area contributed by atoms with E-state index < -0.39 is 0 Å². The van der Waals surface area contributed by atoms with Crippen LogP contribution < -0.4 is 21.3 Å². The Morgan fingerprint density at radius 1 is 1.00 bits per heavy atom. The van der Waals surface area contributed by atoms with E-state index in [1.165, 1.54) is 0 Å². The number of anilines is 3. The van der Waals surface area contributed by atoms with E-state index in [0.717, 1.165) is 43.0 Å². The van der Waals surface area contributed by atoms with Crippen LogP contribution in [0.2, 0.25) is 0 Å². The van der Waals surface area contributed by atoms with Gasteiger partial charge < -0.3 is 21.3 Å². The first kappa shape index (κ1) is 17.9. The van der Waals surface area contributed by atoms with Gasteiger partial charge in [0.2, 0.25) is 5.82 Å². The smallest absolute Gasteiger partial charge is 0.293 e. The summed E-state index contributed by atoms with van der Waals surface area (Å²) in [5.74, 6) is -0.271. The first-order valence-electron chi connectivity index (χ1n) is 9.25. The second kappa shape index (κ2) is 8.06. The Morgan fingerprint density at radius 2 is 1.71 bits per heavy atom. The number of nitrogens with one attached hydrogen (secondary N) is 2. The van der Waals surface area contributed by atoms with Crippen LogP contribution in [0.5, 0.6) is 0 Å². The van der Waals surface area contributed by atoms with Crippen molar-refractivity contribution in [2.75, 3.05) is 42.1 Å². The minimum absolute atomic E-state index is 0.114. The zero-order valence-corrected chi connectivity index (χ0v) is 15.4. The van der Waals surface area contributed by atoms with E-state index in [2.05, 4.69) is 25.5 Å². The van der Waals surface area contributed by atoms with Gasteiger partial charge in [-0.05, 0) is 23.3 Å². The van der Waals surface area contributed by atoms with Crippen LogP contribution in [0.25, 0.3) is 11.1 Å². The second-order valence-corrected chi connectivity index (χ2v) is 6.62. The molecule has 2 aromatic carbocycles. The van der Waals surface area contributed by atoms with Crippen LogP contribution in [0, 0.1) is 0 Å². The summed E-state index contributed by atoms with van der Waals surface area (Å²) in [5.41, 5.74) is 10.0. The molecule has 1 aliphatic rings. The van der Waals surface area contributed by atoms with Crippen molar-refractivity contribution in [1.82, 2.24) is 15.3 Å². The van der Waals surface area contributed by atoms with E-state index in [1.807, 2.05) is 42.5 Å². The van der Waals surface area contributed by atoms with Crippen molar-refractivity contribution >= 4 is 23.0 Å². The molecule has 0 bridgehead atoms. The molecule has 1 fully saturated rings. The Kier molecular flexibility index (Phi) is 5.16. The molecular weight excluding hydrogens is 352 g/mol. The maximum atomic E-state index is 12.6. The molecular formula is C21H22N6O. The topological polar surface area (TPSA) is 96.2 Å². The molecule has 7 heteroatoms. The lowest BCUT2D eigenvalue weighted by atomic mass is 10.0. The van der Waals surface area contributed by atoms with Crippen molar-refractivity contribution in [1.29, 1.82) is 0 Å². The number of hydrogen-bond donors (Lipinski definition) is 3. The van der Waals surface area contributed by atoms with Gasteiger partial charge in [-0.1, -0.05) is 36.4 Å². The summed E-state index contributed by atoms with van der Waals surface area (Å²) >= 11 is 0. The highest BCUT2D eigenvalue weighted by Crippen LogP contribution is 2.27. The third-order valence-corrected chi connectivity index (χ3v) is 4.73. The van der Waals surface area contributed by atoms with E-state index in [9.17, 15) is 4.79 Å². The highest BCUT2D eigenvalue weighted by atomic mass is 16.2. The van der Waals surface area contributed by atoms with Crippen LogP contribution in [0.3, 0.4) is 0 Å². The molecule has 28 heavy (non-hydrogen) atoms. The van der Waals surface area contributed by atoms with Crippen molar-refractivity contribution in [3.8, 4) is 11.1 Å². The lowest BCUT2D eigenvalue weighted by Crippen LogP contribution is -2.43. The van der Waals surface area contributed by atoms with Crippen molar-refractivity contribution in [2.45, 2.75) is 0 Å². The molecule has 1 saturated heterocycles. The molecule has 1 aliphatic heterocycles. The van der Waals surface area contributed by atoms with Gasteiger partial charge in [-0.25, -0.2) is 9.97 Å². The third-order valence-electron chi connectivity index (χ3n) is 4.73. The number of nitrogens with zero attached hydrogens (tertiary/aromatic N) is 3. The minimum atomic E-state index is -0.385. The van der Waals surface area contributed by atoms with Crippen molar-refractivity contribution in [3.05, 3.63) is 66.7 Å². The van der Waals surface area contributed by atoms with Gasteiger partial charge in [0.1, 0.15) is 0 Å². The van der Waals surface area contributed by atoms with Gasteiger partial charge in [-0.2, -0.15) is 0 Å². The summed E-state index contributed by atoms with van der Waals surface area (Å²) in [6.07, 6.45) is 3.38. The third kappa shape index (κ3) is 3.94. The molecule has 1 amide bonds. The number of aromatic nitrogens is 2. The Labute approximate surface area is 163 Å². The fraction of sp³-hybridized carbons (Fsp3) is 0.190. The summed E-state index contributed by atoms with van der Waals surface area (Å²) in [6, 6.07) is 15.5. The van der Waals surface area contributed by atoms with E-state index in [0.29, 0.717) is 11.4 Å². The van der Waals surface area contributed by atoms with Crippen LogP contribution in [0.4, 0.5) is 17.1 Å². The van der Waals surface area contributed by atoms with Gasteiger partial charge in [0.15, 0.2) is 0 Å². The highest BCUT2D eigenvalue weighted by Gasteiger charge is 2.15.